The maximum Gasteiger partial charge on any atom is 0.272 e. The first-order chi connectivity index (χ1) is 7.50. The SMILES string of the molecule is CC1CN(S(=O)(=O)c2nnc(N)s2)CCS1. The first kappa shape index (κ1) is 12.1. The Morgan fingerprint density at radius 3 is 2.81 bits per heavy atom. The minimum Gasteiger partial charge on any atom is -0.374 e. The van der Waals surface area contributed by atoms with E-state index in [0.29, 0.717) is 18.3 Å². The molecule has 1 atom stereocenters. The van der Waals surface area contributed by atoms with Crippen molar-refractivity contribution in [2.75, 3.05) is 24.6 Å². The lowest BCUT2D eigenvalue weighted by atomic mass is 10.4. The number of hydrogen-bond acceptors (Lipinski definition) is 7. The van der Waals surface area contributed by atoms with Gasteiger partial charge in [0.2, 0.25) is 9.47 Å². The second kappa shape index (κ2) is 4.47. The lowest BCUT2D eigenvalue weighted by Gasteiger charge is -2.28. The van der Waals surface area contributed by atoms with E-state index >= 15 is 0 Å². The van der Waals surface area contributed by atoms with Crippen molar-refractivity contribution in [3.05, 3.63) is 0 Å². The second-order valence-corrected chi connectivity index (χ2v) is 8.12. The smallest absolute Gasteiger partial charge is 0.272 e. The van der Waals surface area contributed by atoms with Gasteiger partial charge in [0.1, 0.15) is 0 Å². The highest BCUT2D eigenvalue weighted by molar-refractivity contribution is 8.00. The third-order valence-corrected chi connectivity index (χ3v) is 6.29. The third-order valence-electron chi connectivity index (χ3n) is 2.19. The lowest BCUT2D eigenvalue weighted by Crippen LogP contribution is -2.40. The zero-order valence-electron chi connectivity index (χ0n) is 8.66. The first-order valence-corrected chi connectivity index (χ1v) is 8.01. The van der Waals surface area contributed by atoms with Gasteiger partial charge in [0.25, 0.3) is 10.0 Å². The summed E-state index contributed by atoms with van der Waals surface area (Å²) in [6, 6.07) is 0. The van der Waals surface area contributed by atoms with Crippen LogP contribution in [0.1, 0.15) is 6.92 Å². The Balaban J connectivity index is 2.25. The number of sulfonamides is 1. The summed E-state index contributed by atoms with van der Waals surface area (Å²) >= 11 is 2.68. The van der Waals surface area contributed by atoms with E-state index in [1.54, 1.807) is 11.8 Å². The van der Waals surface area contributed by atoms with E-state index in [1.165, 1.54) is 4.31 Å². The van der Waals surface area contributed by atoms with Crippen LogP contribution in [-0.2, 0) is 10.0 Å². The molecule has 0 saturated carbocycles. The Kier molecular flexibility index (Phi) is 3.38. The highest BCUT2D eigenvalue weighted by Crippen LogP contribution is 2.26. The summed E-state index contributed by atoms with van der Waals surface area (Å²) in [4.78, 5) is 0. The van der Waals surface area contributed by atoms with Gasteiger partial charge in [-0.05, 0) is 0 Å². The van der Waals surface area contributed by atoms with Crippen LogP contribution in [0.3, 0.4) is 0 Å². The molecule has 2 N–H and O–H groups in total. The van der Waals surface area contributed by atoms with Crippen LogP contribution < -0.4 is 5.73 Å². The third kappa shape index (κ3) is 2.31. The zero-order chi connectivity index (χ0) is 11.8. The van der Waals surface area contributed by atoms with Gasteiger partial charge in [-0.25, -0.2) is 8.42 Å². The van der Waals surface area contributed by atoms with E-state index in [9.17, 15) is 8.42 Å². The Labute approximate surface area is 102 Å². The van der Waals surface area contributed by atoms with Crippen LogP contribution in [-0.4, -0.2) is 47.0 Å². The average Bonchev–Trinajstić information content (AvgIpc) is 2.65. The number of nitrogens with two attached hydrogens (primary N) is 1. The van der Waals surface area contributed by atoms with Crippen molar-refractivity contribution in [1.82, 2.24) is 14.5 Å². The van der Waals surface area contributed by atoms with Crippen LogP contribution in [0.15, 0.2) is 4.34 Å². The van der Waals surface area contributed by atoms with Crippen LogP contribution in [0, 0.1) is 0 Å². The molecule has 2 rings (SSSR count). The molecule has 0 aliphatic carbocycles. The quantitative estimate of drug-likeness (QED) is 0.835. The highest BCUT2D eigenvalue weighted by atomic mass is 32.2. The van der Waals surface area contributed by atoms with Gasteiger partial charge in [0.05, 0.1) is 0 Å². The number of aromatic nitrogens is 2. The van der Waals surface area contributed by atoms with Crippen LogP contribution >= 0.6 is 23.1 Å². The molecule has 0 amide bonds. The molecule has 6 nitrogen and oxygen atoms in total. The second-order valence-electron chi connectivity index (χ2n) is 3.45. The van der Waals surface area contributed by atoms with Gasteiger partial charge in [-0.15, -0.1) is 10.2 Å². The van der Waals surface area contributed by atoms with E-state index < -0.39 is 10.0 Å². The van der Waals surface area contributed by atoms with Gasteiger partial charge in [0, 0.05) is 24.1 Å². The normalized spacial score (nSPS) is 23.4. The largest absolute Gasteiger partial charge is 0.374 e. The molecule has 0 aromatic carbocycles. The molecule has 16 heavy (non-hydrogen) atoms. The Bertz CT molecular complexity index is 472. The van der Waals surface area contributed by atoms with Gasteiger partial charge in [-0.2, -0.15) is 16.1 Å². The first-order valence-electron chi connectivity index (χ1n) is 4.71. The van der Waals surface area contributed by atoms with E-state index in [-0.39, 0.29) is 9.47 Å². The molecule has 1 aliphatic heterocycles. The van der Waals surface area contributed by atoms with E-state index in [1.807, 2.05) is 6.92 Å². The number of rotatable bonds is 2. The van der Waals surface area contributed by atoms with Crippen LogP contribution in [0.2, 0.25) is 0 Å². The molecule has 0 radical (unpaired) electrons. The standard InChI is InChI=1S/C7H12N4O2S3/c1-5-4-11(2-3-14-5)16(12,13)7-10-9-6(8)15-7/h5H,2-4H2,1H3,(H2,8,9). The zero-order valence-corrected chi connectivity index (χ0v) is 11.1. The number of hydrogen-bond donors (Lipinski definition) is 1. The lowest BCUT2D eigenvalue weighted by molar-refractivity contribution is 0.423. The maximum absolute atomic E-state index is 12.1. The summed E-state index contributed by atoms with van der Waals surface area (Å²) < 4.78 is 25.7. The van der Waals surface area contributed by atoms with Gasteiger partial charge in [-0.3, -0.25) is 0 Å². The van der Waals surface area contributed by atoms with E-state index in [2.05, 4.69) is 10.2 Å². The molecule has 90 valence electrons. The maximum atomic E-state index is 12.1. The number of nitrogen functional groups attached to an aromatic ring is 1. The molecule has 2 heterocycles. The summed E-state index contributed by atoms with van der Waals surface area (Å²) in [7, 11) is -3.49. The molecule has 1 saturated heterocycles. The monoisotopic (exact) mass is 280 g/mol. The van der Waals surface area contributed by atoms with Gasteiger partial charge < -0.3 is 5.73 Å². The minimum atomic E-state index is -3.49. The molecular formula is C7H12N4O2S3. The van der Waals surface area contributed by atoms with E-state index in [0.717, 1.165) is 17.1 Å². The van der Waals surface area contributed by atoms with Crippen molar-refractivity contribution in [2.24, 2.45) is 0 Å². The molecule has 9 heteroatoms. The van der Waals surface area contributed by atoms with Crippen molar-refractivity contribution < 1.29 is 8.42 Å². The van der Waals surface area contributed by atoms with Gasteiger partial charge >= 0.3 is 0 Å². The fourth-order valence-corrected chi connectivity index (χ4v) is 5.12. The highest BCUT2D eigenvalue weighted by Gasteiger charge is 2.31. The topological polar surface area (TPSA) is 89.2 Å². The molecule has 1 aliphatic rings. The minimum absolute atomic E-state index is 0.0101. The number of nitrogens with zero attached hydrogens (tertiary/aromatic N) is 3. The van der Waals surface area contributed by atoms with Crippen LogP contribution in [0.4, 0.5) is 5.13 Å². The number of thioether (sulfide) groups is 1. The van der Waals surface area contributed by atoms with Crippen molar-refractivity contribution in [3.63, 3.8) is 0 Å². The molecule has 1 fully saturated rings. The summed E-state index contributed by atoms with van der Waals surface area (Å²) in [5, 5.41) is 7.62. The van der Waals surface area contributed by atoms with Gasteiger partial charge in [0.15, 0.2) is 0 Å². The fraction of sp³-hybridized carbons (Fsp3) is 0.714. The van der Waals surface area contributed by atoms with Crippen LogP contribution in [0.25, 0.3) is 0 Å². The average molecular weight is 280 g/mol. The van der Waals surface area contributed by atoms with E-state index in [4.69, 9.17) is 5.73 Å². The molecular weight excluding hydrogens is 268 g/mol. The van der Waals surface area contributed by atoms with Crippen molar-refractivity contribution in [3.8, 4) is 0 Å². The Morgan fingerprint density at radius 1 is 1.50 bits per heavy atom. The summed E-state index contributed by atoms with van der Waals surface area (Å²) in [5.74, 6) is 0.814. The molecule has 1 aromatic rings. The van der Waals surface area contributed by atoms with Crippen LogP contribution in [0.5, 0.6) is 0 Å². The molecule has 1 aromatic heterocycles. The molecule has 1 unspecified atom stereocenters. The Morgan fingerprint density at radius 2 is 2.25 bits per heavy atom. The fourth-order valence-electron chi connectivity index (χ4n) is 1.44. The Hall–Kier alpha value is -0.380. The predicted molar refractivity (Wildman–Crippen MR) is 65.0 cm³/mol. The number of anilines is 1. The van der Waals surface area contributed by atoms with Crippen molar-refractivity contribution >= 4 is 38.3 Å². The van der Waals surface area contributed by atoms with Crippen molar-refractivity contribution in [1.29, 1.82) is 0 Å². The molecule has 0 bridgehead atoms. The predicted octanol–water partition coefficient (Wildman–Crippen LogP) is 0.246. The summed E-state index contributed by atoms with van der Waals surface area (Å²) in [5.41, 5.74) is 5.39. The summed E-state index contributed by atoms with van der Waals surface area (Å²) in [6.45, 7) is 3.06. The summed E-state index contributed by atoms with van der Waals surface area (Å²) in [6.07, 6.45) is 0. The molecule has 0 spiro atoms. The van der Waals surface area contributed by atoms with Gasteiger partial charge in [-0.1, -0.05) is 18.3 Å². The van der Waals surface area contributed by atoms with Crippen molar-refractivity contribution in [2.45, 2.75) is 16.5 Å².